The number of H-pyrrole nitrogens is 1. The van der Waals surface area contributed by atoms with Crippen molar-refractivity contribution in [3.63, 3.8) is 0 Å². The van der Waals surface area contributed by atoms with E-state index in [9.17, 15) is 0 Å². The van der Waals surface area contributed by atoms with Crippen LogP contribution >= 0.6 is 0 Å². The molecule has 3 rings (SSSR count). The van der Waals surface area contributed by atoms with Gasteiger partial charge in [-0.05, 0) is 37.6 Å². The second kappa shape index (κ2) is 4.72. The molecule has 0 aliphatic rings. The van der Waals surface area contributed by atoms with Crippen LogP contribution in [0.4, 0.5) is 5.69 Å². The Hall–Kier alpha value is -2.36. The summed E-state index contributed by atoms with van der Waals surface area (Å²) in [6.45, 7) is 4.82. The van der Waals surface area contributed by atoms with Crippen LogP contribution in [0.25, 0.3) is 10.9 Å². The first kappa shape index (κ1) is 11.7. The summed E-state index contributed by atoms with van der Waals surface area (Å²) in [6.07, 6.45) is 3.55. The van der Waals surface area contributed by atoms with Gasteiger partial charge in [0.2, 0.25) is 0 Å². The number of aromatic nitrogens is 3. The Morgan fingerprint density at radius 1 is 1.16 bits per heavy atom. The average Bonchev–Trinajstić information content (AvgIpc) is 2.84. The summed E-state index contributed by atoms with van der Waals surface area (Å²) < 4.78 is 0. The first-order chi connectivity index (χ1) is 9.25. The molecule has 2 N–H and O–H groups in total. The average molecular weight is 252 g/mol. The van der Waals surface area contributed by atoms with E-state index in [0.717, 1.165) is 28.0 Å². The van der Waals surface area contributed by atoms with E-state index < -0.39 is 0 Å². The molecule has 0 radical (unpaired) electrons. The third kappa shape index (κ3) is 2.17. The van der Waals surface area contributed by atoms with E-state index in [-0.39, 0.29) is 0 Å². The molecule has 3 aromatic rings. The predicted molar refractivity (Wildman–Crippen MR) is 77.1 cm³/mol. The van der Waals surface area contributed by atoms with E-state index in [1.165, 1.54) is 5.56 Å². The van der Waals surface area contributed by atoms with Gasteiger partial charge in [-0.25, -0.2) is 4.98 Å². The highest BCUT2D eigenvalue weighted by atomic mass is 14.9. The number of aryl methyl sites for hydroxylation is 2. The van der Waals surface area contributed by atoms with Crippen molar-refractivity contribution in [2.45, 2.75) is 20.4 Å². The maximum atomic E-state index is 4.44. The van der Waals surface area contributed by atoms with Gasteiger partial charge in [-0.1, -0.05) is 6.07 Å². The minimum atomic E-state index is 0.711. The largest absolute Gasteiger partial charge is 0.379 e. The number of aromatic amines is 1. The van der Waals surface area contributed by atoms with E-state index in [1.54, 1.807) is 6.33 Å². The topological polar surface area (TPSA) is 53.6 Å². The van der Waals surface area contributed by atoms with Crippen molar-refractivity contribution in [3.8, 4) is 0 Å². The van der Waals surface area contributed by atoms with Gasteiger partial charge in [0.1, 0.15) is 0 Å². The zero-order chi connectivity index (χ0) is 13.2. The van der Waals surface area contributed by atoms with Crippen LogP contribution in [0.1, 0.15) is 17.0 Å². The van der Waals surface area contributed by atoms with Gasteiger partial charge in [0.15, 0.2) is 0 Å². The summed E-state index contributed by atoms with van der Waals surface area (Å²) in [5.41, 5.74) is 5.47. The SMILES string of the molecule is Cc1[nH]cnc1CNc1ccc(C)c2ncccc12. The number of hydrogen-bond donors (Lipinski definition) is 2. The lowest BCUT2D eigenvalue weighted by molar-refractivity contribution is 1.05. The summed E-state index contributed by atoms with van der Waals surface area (Å²) in [5.74, 6) is 0. The lowest BCUT2D eigenvalue weighted by Crippen LogP contribution is -2.02. The molecule has 0 saturated carbocycles. The molecule has 0 atom stereocenters. The Morgan fingerprint density at radius 3 is 2.84 bits per heavy atom. The van der Waals surface area contributed by atoms with E-state index in [0.29, 0.717) is 6.54 Å². The standard InChI is InChI=1S/C15H16N4/c1-10-5-6-13(12-4-3-7-16-15(10)12)17-8-14-11(2)18-9-19-14/h3-7,9,17H,8H2,1-2H3,(H,18,19). The van der Waals surface area contributed by atoms with Crippen molar-refractivity contribution >= 4 is 16.6 Å². The van der Waals surface area contributed by atoms with E-state index in [2.05, 4.69) is 45.4 Å². The second-order valence-corrected chi connectivity index (χ2v) is 4.66. The molecule has 4 heteroatoms. The van der Waals surface area contributed by atoms with Crippen LogP contribution in [0.15, 0.2) is 36.8 Å². The molecule has 1 aromatic carbocycles. The van der Waals surface area contributed by atoms with Crippen molar-refractivity contribution in [2.75, 3.05) is 5.32 Å². The van der Waals surface area contributed by atoms with Crippen molar-refractivity contribution in [1.29, 1.82) is 0 Å². The number of fused-ring (bicyclic) bond motifs is 1. The van der Waals surface area contributed by atoms with Gasteiger partial charge in [0.25, 0.3) is 0 Å². The lowest BCUT2D eigenvalue weighted by atomic mass is 10.1. The fourth-order valence-electron chi connectivity index (χ4n) is 2.21. The summed E-state index contributed by atoms with van der Waals surface area (Å²) in [4.78, 5) is 11.8. The third-order valence-electron chi connectivity index (χ3n) is 3.35. The van der Waals surface area contributed by atoms with Gasteiger partial charge in [0, 0.05) is 23.0 Å². The summed E-state index contributed by atoms with van der Waals surface area (Å²) in [5, 5.41) is 4.58. The Labute approximate surface area is 111 Å². The molecule has 0 fully saturated rings. The molecular weight excluding hydrogens is 236 g/mol. The number of rotatable bonds is 3. The molecule has 96 valence electrons. The predicted octanol–water partition coefficient (Wildman–Crippen LogP) is 3.19. The van der Waals surface area contributed by atoms with Crippen LogP contribution in [0, 0.1) is 13.8 Å². The maximum Gasteiger partial charge on any atom is 0.0925 e. The molecule has 0 bridgehead atoms. The highest BCUT2D eigenvalue weighted by molar-refractivity contribution is 5.93. The molecule has 2 aromatic heterocycles. The zero-order valence-corrected chi connectivity index (χ0v) is 11.1. The quantitative estimate of drug-likeness (QED) is 0.752. The number of pyridine rings is 1. The molecule has 0 saturated heterocycles. The summed E-state index contributed by atoms with van der Waals surface area (Å²) in [7, 11) is 0. The Morgan fingerprint density at radius 2 is 2.05 bits per heavy atom. The van der Waals surface area contributed by atoms with Gasteiger partial charge >= 0.3 is 0 Å². The highest BCUT2D eigenvalue weighted by Crippen LogP contribution is 2.24. The molecule has 0 aliphatic carbocycles. The molecular formula is C15H16N4. The van der Waals surface area contributed by atoms with Crippen molar-refractivity contribution in [1.82, 2.24) is 15.0 Å². The Kier molecular flexibility index (Phi) is 2.91. The molecule has 0 unspecified atom stereocenters. The van der Waals surface area contributed by atoms with Gasteiger partial charge in [-0.15, -0.1) is 0 Å². The molecule has 0 spiro atoms. The number of nitrogens with zero attached hydrogens (tertiary/aromatic N) is 2. The monoisotopic (exact) mass is 252 g/mol. The number of imidazole rings is 1. The van der Waals surface area contributed by atoms with Gasteiger partial charge in [0.05, 0.1) is 24.1 Å². The highest BCUT2D eigenvalue weighted by Gasteiger charge is 2.05. The smallest absolute Gasteiger partial charge is 0.0925 e. The lowest BCUT2D eigenvalue weighted by Gasteiger charge is -2.10. The minimum absolute atomic E-state index is 0.711. The minimum Gasteiger partial charge on any atom is -0.379 e. The van der Waals surface area contributed by atoms with Crippen molar-refractivity contribution < 1.29 is 0 Å². The van der Waals surface area contributed by atoms with E-state index >= 15 is 0 Å². The Balaban J connectivity index is 1.93. The molecule has 2 heterocycles. The summed E-state index contributed by atoms with van der Waals surface area (Å²) >= 11 is 0. The first-order valence-corrected chi connectivity index (χ1v) is 6.33. The number of benzene rings is 1. The van der Waals surface area contributed by atoms with E-state index in [4.69, 9.17) is 0 Å². The fourth-order valence-corrected chi connectivity index (χ4v) is 2.21. The van der Waals surface area contributed by atoms with Crippen LogP contribution in [0.2, 0.25) is 0 Å². The van der Waals surface area contributed by atoms with Crippen molar-refractivity contribution in [2.24, 2.45) is 0 Å². The molecule has 19 heavy (non-hydrogen) atoms. The van der Waals surface area contributed by atoms with Crippen LogP contribution in [-0.2, 0) is 6.54 Å². The number of nitrogens with one attached hydrogen (secondary N) is 2. The normalized spacial score (nSPS) is 10.8. The molecule has 0 amide bonds. The number of anilines is 1. The first-order valence-electron chi connectivity index (χ1n) is 6.33. The van der Waals surface area contributed by atoms with Gasteiger partial charge in [-0.2, -0.15) is 0 Å². The zero-order valence-electron chi connectivity index (χ0n) is 11.1. The van der Waals surface area contributed by atoms with Crippen LogP contribution in [0.3, 0.4) is 0 Å². The Bertz CT molecular complexity index is 715. The fraction of sp³-hybridized carbons (Fsp3) is 0.200. The summed E-state index contributed by atoms with van der Waals surface area (Å²) in [6, 6.07) is 8.25. The molecule has 0 aliphatic heterocycles. The van der Waals surface area contributed by atoms with Crippen LogP contribution in [0.5, 0.6) is 0 Å². The van der Waals surface area contributed by atoms with Crippen LogP contribution < -0.4 is 5.32 Å². The maximum absolute atomic E-state index is 4.44. The van der Waals surface area contributed by atoms with Crippen molar-refractivity contribution in [3.05, 3.63) is 53.7 Å². The molecule has 4 nitrogen and oxygen atoms in total. The van der Waals surface area contributed by atoms with E-state index in [1.807, 2.05) is 19.2 Å². The van der Waals surface area contributed by atoms with Gasteiger partial charge in [-0.3, -0.25) is 4.98 Å². The van der Waals surface area contributed by atoms with Gasteiger partial charge < -0.3 is 10.3 Å². The third-order valence-corrected chi connectivity index (χ3v) is 3.35. The second-order valence-electron chi connectivity index (χ2n) is 4.66. The van der Waals surface area contributed by atoms with Crippen LogP contribution in [-0.4, -0.2) is 15.0 Å². The number of hydrogen-bond acceptors (Lipinski definition) is 3.